The lowest BCUT2D eigenvalue weighted by atomic mass is 9.97. The van der Waals surface area contributed by atoms with E-state index in [9.17, 15) is 27.5 Å². The van der Waals surface area contributed by atoms with Gasteiger partial charge in [0.25, 0.3) is 6.47 Å². The molecule has 1 saturated heterocycles. The summed E-state index contributed by atoms with van der Waals surface area (Å²) in [7, 11) is 0. The van der Waals surface area contributed by atoms with Gasteiger partial charge in [0.05, 0.1) is 30.6 Å². The summed E-state index contributed by atoms with van der Waals surface area (Å²) in [6, 6.07) is 10.2. The third-order valence-electron chi connectivity index (χ3n) is 6.24. The van der Waals surface area contributed by atoms with Crippen LogP contribution in [0.15, 0.2) is 47.6 Å². The lowest BCUT2D eigenvalue weighted by Crippen LogP contribution is -2.49. The number of aliphatic hydroxyl groups is 1. The molecule has 0 spiro atoms. The summed E-state index contributed by atoms with van der Waals surface area (Å²) in [5.74, 6) is -0.611. The fourth-order valence-corrected chi connectivity index (χ4v) is 4.27. The summed E-state index contributed by atoms with van der Waals surface area (Å²) in [6.07, 6.45) is -4.59. The first-order valence-corrected chi connectivity index (χ1v) is 11.1. The van der Waals surface area contributed by atoms with Gasteiger partial charge in [0.2, 0.25) is 0 Å². The van der Waals surface area contributed by atoms with Crippen molar-refractivity contribution in [2.75, 3.05) is 36.2 Å². The minimum Gasteiger partial charge on any atom is -0.493 e. The van der Waals surface area contributed by atoms with Crippen LogP contribution in [0.1, 0.15) is 12.5 Å². The molecule has 11 heteroatoms. The van der Waals surface area contributed by atoms with Crippen LogP contribution in [0.25, 0.3) is 0 Å². The molecule has 0 aliphatic carbocycles. The van der Waals surface area contributed by atoms with Crippen LogP contribution in [0, 0.1) is 17.7 Å². The van der Waals surface area contributed by atoms with Crippen molar-refractivity contribution in [3.63, 3.8) is 0 Å². The smallest absolute Gasteiger partial charge is 0.431 e. The van der Waals surface area contributed by atoms with Gasteiger partial charge in [-0.1, -0.05) is 13.0 Å². The fourth-order valence-electron chi connectivity index (χ4n) is 4.27. The Hall–Kier alpha value is -3.34. The number of nitrogens with zero attached hydrogens (tertiary/aromatic N) is 3. The molecule has 0 amide bonds. The van der Waals surface area contributed by atoms with Crippen molar-refractivity contribution in [1.82, 2.24) is 0 Å². The van der Waals surface area contributed by atoms with Crippen molar-refractivity contribution < 1.29 is 36.9 Å². The molecule has 2 atom stereocenters. The summed E-state index contributed by atoms with van der Waals surface area (Å²) in [5.41, 5.74) is 0.578. The highest BCUT2D eigenvalue weighted by molar-refractivity contribution is 5.95. The maximum atomic E-state index is 14.1. The van der Waals surface area contributed by atoms with Gasteiger partial charge >= 0.3 is 6.18 Å². The molecule has 2 aromatic carbocycles. The van der Waals surface area contributed by atoms with Crippen LogP contribution in [-0.2, 0) is 16.1 Å². The predicted molar refractivity (Wildman–Crippen MR) is 121 cm³/mol. The van der Waals surface area contributed by atoms with Crippen LogP contribution in [0.5, 0.6) is 5.75 Å². The monoisotopic (exact) mass is 495 g/mol. The molecule has 2 aliphatic rings. The zero-order valence-electron chi connectivity index (χ0n) is 18.9. The van der Waals surface area contributed by atoms with E-state index >= 15 is 0 Å². The first-order valence-electron chi connectivity index (χ1n) is 11.1. The highest BCUT2D eigenvalue weighted by Gasteiger charge is 2.48. The summed E-state index contributed by atoms with van der Waals surface area (Å²) >= 11 is 0. The number of hydrogen-bond acceptors (Lipinski definition) is 7. The van der Waals surface area contributed by atoms with E-state index in [0.29, 0.717) is 42.4 Å². The molecule has 35 heavy (non-hydrogen) atoms. The number of anilines is 2. The third-order valence-corrected chi connectivity index (χ3v) is 6.24. The molecule has 2 heterocycles. The SMILES string of the molecule is C[C@@H]1C(C(F)(F)F)=NN(c2ccc(OCC3CN(c4cc(CO)ccc4F)C3)cc2)[C@H]1COC=O. The van der Waals surface area contributed by atoms with Crippen molar-refractivity contribution in [3.05, 3.63) is 53.8 Å². The molecule has 0 bridgehead atoms. The standard InChI is InChI=1S/C24H25F4N3O4/c1-15-22(13-34-14-33)31(29-23(15)24(26,27)28)18-3-5-19(6-4-18)35-12-17-9-30(10-17)21-8-16(11-32)2-7-20(21)25/h2-8,14-15,17,22,32H,9-13H2,1H3/t15-,22-/m0/s1. The number of carbonyl (C=O) groups excluding carboxylic acids is 1. The van der Waals surface area contributed by atoms with Crippen molar-refractivity contribution in [3.8, 4) is 5.75 Å². The Kier molecular flexibility index (Phi) is 7.15. The molecular weight excluding hydrogens is 470 g/mol. The number of aliphatic hydroxyl groups excluding tert-OH is 1. The number of alkyl halides is 3. The van der Waals surface area contributed by atoms with E-state index in [4.69, 9.17) is 9.47 Å². The minimum absolute atomic E-state index is 0.159. The maximum Gasteiger partial charge on any atom is 0.431 e. The van der Waals surface area contributed by atoms with E-state index in [0.717, 1.165) is 0 Å². The van der Waals surface area contributed by atoms with Crippen molar-refractivity contribution in [2.24, 2.45) is 16.9 Å². The molecule has 0 unspecified atom stereocenters. The van der Waals surface area contributed by atoms with Crippen LogP contribution < -0.4 is 14.6 Å². The topological polar surface area (TPSA) is 74.6 Å². The molecule has 188 valence electrons. The average molecular weight is 495 g/mol. The zero-order chi connectivity index (χ0) is 25.2. The van der Waals surface area contributed by atoms with Crippen LogP contribution in [0.3, 0.4) is 0 Å². The number of ether oxygens (including phenoxy) is 2. The molecule has 0 radical (unpaired) electrons. The number of hydrazone groups is 1. The van der Waals surface area contributed by atoms with Gasteiger partial charge in [0.1, 0.15) is 23.9 Å². The largest absolute Gasteiger partial charge is 0.493 e. The highest BCUT2D eigenvalue weighted by atomic mass is 19.4. The van der Waals surface area contributed by atoms with Gasteiger partial charge in [0, 0.05) is 24.9 Å². The second-order valence-electron chi connectivity index (χ2n) is 8.63. The summed E-state index contributed by atoms with van der Waals surface area (Å²) in [5, 5.41) is 14.2. The van der Waals surface area contributed by atoms with E-state index in [1.54, 1.807) is 36.4 Å². The number of halogens is 4. The molecule has 1 fully saturated rings. The first-order chi connectivity index (χ1) is 16.7. The fraction of sp³-hybridized carbons (Fsp3) is 0.417. The van der Waals surface area contributed by atoms with Gasteiger partial charge in [-0.3, -0.25) is 9.80 Å². The van der Waals surface area contributed by atoms with E-state index in [-0.39, 0.29) is 31.4 Å². The Labute approximate surface area is 199 Å². The summed E-state index contributed by atoms with van der Waals surface area (Å²) < 4.78 is 64.7. The maximum absolute atomic E-state index is 14.1. The van der Waals surface area contributed by atoms with E-state index in [1.165, 1.54) is 18.0 Å². The second-order valence-corrected chi connectivity index (χ2v) is 8.63. The second kappa shape index (κ2) is 10.1. The number of hydrogen-bond donors (Lipinski definition) is 1. The minimum atomic E-state index is -4.59. The van der Waals surface area contributed by atoms with Crippen LogP contribution in [0.2, 0.25) is 0 Å². The van der Waals surface area contributed by atoms with E-state index in [1.807, 2.05) is 4.90 Å². The Morgan fingerprint density at radius 1 is 1.14 bits per heavy atom. The Bertz CT molecular complexity index is 1070. The quantitative estimate of drug-likeness (QED) is 0.422. The van der Waals surface area contributed by atoms with Crippen LogP contribution >= 0.6 is 0 Å². The highest BCUT2D eigenvalue weighted by Crippen LogP contribution is 2.36. The van der Waals surface area contributed by atoms with Gasteiger partial charge in [-0.15, -0.1) is 0 Å². The van der Waals surface area contributed by atoms with E-state index < -0.39 is 23.8 Å². The molecule has 7 nitrogen and oxygen atoms in total. The van der Waals surface area contributed by atoms with Gasteiger partial charge in [-0.25, -0.2) is 4.39 Å². The van der Waals surface area contributed by atoms with Crippen molar-refractivity contribution in [1.29, 1.82) is 0 Å². The normalized spacial score (nSPS) is 20.5. The lowest BCUT2D eigenvalue weighted by Gasteiger charge is -2.41. The lowest BCUT2D eigenvalue weighted by molar-refractivity contribution is -0.129. The molecule has 0 saturated carbocycles. The molecule has 0 aromatic heterocycles. The van der Waals surface area contributed by atoms with Gasteiger partial charge in [0.15, 0.2) is 0 Å². The van der Waals surface area contributed by atoms with Gasteiger partial charge in [-0.2, -0.15) is 18.3 Å². The van der Waals surface area contributed by atoms with Crippen LogP contribution in [0.4, 0.5) is 28.9 Å². The number of benzene rings is 2. The van der Waals surface area contributed by atoms with Crippen LogP contribution in [-0.4, -0.2) is 55.8 Å². The number of carbonyl (C=O) groups is 1. The predicted octanol–water partition coefficient (Wildman–Crippen LogP) is 3.75. The summed E-state index contributed by atoms with van der Waals surface area (Å²) in [6.45, 7) is 2.80. The first kappa shape index (κ1) is 24.8. The van der Waals surface area contributed by atoms with Crippen molar-refractivity contribution in [2.45, 2.75) is 25.7 Å². The van der Waals surface area contributed by atoms with Gasteiger partial charge < -0.3 is 19.5 Å². The number of rotatable bonds is 9. The average Bonchev–Trinajstić information content (AvgIpc) is 3.14. The van der Waals surface area contributed by atoms with E-state index in [2.05, 4.69) is 5.10 Å². The van der Waals surface area contributed by atoms with Crippen molar-refractivity contribution >= 4 is 23.6 Å². The Morgan fingerprint density at radius 2 is 1.86 bits per heavy atom. The Morgan fingerprint density at radius 3 is 2.49 bits per heavy atom. The Balaban J connectivity index is 1.35. The third kappa shape index (κ3) is 5.34. The molecular formula is C24H25F4N3O4. The molecule has 4 rings (SSSR count). The molecule has 2 aromatic rings. The zero-order valence-corrected chi connectivity index (χ0v) is 18.9. The van der Waals surface area contributed by atoms with Gasteiger partial charge in [-0.05, 0) is 42.0 Å². The molecule has 1 N–H and O–H groups in total. The summed E-state index contributed by atoms with van der Waals surface area (Å²) in [4.78, 5) is 12.5. The molecule has 2 aliphatic heterocycles.